The molecule has 0 unspecified atom stereocenters. The molecule has 0 atom stereocenters. The van der Waals surface area contributed by atoms with Crippen LogP contribution >= 0.6 is 0 Å². The Morgan fingerprint density at radius 1 is 0.585 bits per heavy atom. The normalized spacial score (nSPS) is 15.1. The molecule has 0 amide bonds. The van der Waals surface area contributed by atoms with E-state index < -0.39 is 6.17 Å². The van der Waals surface area contributed by atoms with Crippen LogP contribution in [0.4, 0.5) is 0 Å². The topological polar surface area (TPSA) is 54.8 Å². The molecule has 252 valence electrons. The van der Waals surface area contributed by atoms with E-state index in [1.165, 1.54) is 38.5 Å². The zero-order valence-corrected chi connectivity index (χ0v) is 29.3. The molecule has 5 nitrogen and oxygen atoms in total. The minimum absolute atomic E-state index is 0.0774. The van der Waals surface area contributed by atoms with Crippen LogP contribution in [0, 0.1) is 0 Å². The molecule has 11 rings (SSSR count). The lowest BCUT2D eigenvalue weighted by Gasteiger charge is -2.22. The average Bonchev–Trinajstić information content (AvgIpc) is 3.83. The summed E-state index contributed by atoms with van der Waals surface area (Å²) in [4.78, 5) is 10.2. The molecule has 7 aromatic carbocycles. The summed E-state index contributed by atoms with van der Waals surface area (Å²) >= 11 is 0. The maximum Gasteiger partial charge on any atom is 0.169 e. The Kier molecular flexibility index (Phi) is 6.30. The number of furan rings is 1. The number of benzene rings is 7. The van der Waals surface area contributed by atoms with E-state index in [0.717, 1.165) is 61.5 Å². The fourth-order valence-corrected chi connectivity index (χ4v) is 8.73. The van der Waals surface area contributed by atoms with Crippen LogP contribution in [0.15, 0.2) is 172 Å². The Hall–Kier alpha value is -6.72. The molecule has 1 aliphatic carbocycles. The van der Waals surface area contributed by atoms with Crippen LogP contribution in [0.1, 0.15) is 47.8 Å². The molecule has 0 radical (unpaired) electrons. The summed E-state index contributed by atoms with van der Waals surface area (Å²) in [6.45, 7) is 4.69. The first kappa shape index (κ1) is 30.0. The molecule has 0 spiro atoms. The standard InChI is InChI=1S/C48H34N4O/c1-48(2)36-21-11-9-18-34(36)42-37(48)26-27-39-43(42)35-19-10-12-22-38(35)52(39)40-23-13-20-33-32-25-24-31(28-41(32)53-44(33)40)47-50-45(29-14-5-3-6-15-29)49-46(51-47)30-16-7-4-8-17-30/h3-28,47H,1-2H3,(H,49,50,51). The quantitative estimate of drug-likeness (QED) is 0.201. The van der Waals surface area contributed by atoms with Crippen LogP contribution in [0.25, 0.3) is 60.6 Å². The van der Waals surface area contributed by atoms with E-state index in [-0.39, 0.29) is 5.41 Å². The van der Waals surface area contributed by atoms with Crippen LogP contribution in [0.3, 0.4) is 0 Å². The zero-order valence-electron chi connectivity index (χ0n) is 29.3. The van der Waals surface area contributed by atoms with Crippen molar-refractivity contribution >= 4 is 55.4 Å². The molecule has 0 saturated carbocycles. The van der Waals surface area contributed by atoms with Gasteiger partial charge in [0.05, 0.1) is 16.7 Å². The van der Waals surface area contributed by atoms with E-state index in [4.69, 9.17) is 14.4 Å². The number of rotatable bonds is 4. The Morgan fingerprint density at radius 3 is 2.04 bits per heavy atom. The van der Waals surface area contributed by atoms with E-state index >= 15 is 0 Å². The highest BCUT2D eigenvalue weighted by atomic mass is 16.3. The molecule has 1 aliphatic heterocycles. The molecule has 2 aliphatic rings. The Balaban J connectivity index is 1.10. The van der Waals surface area contributed by atoms with E-state index in [1.54, 1.807) is 0 Å². The number of nitrogens with zero attached hydrogens (tertiary/aromatic N) is 3. The molecule has 0 fully saturated rings. The van der Waals surface area contributed by atoms with E-state index in [0.29, 0.717) is 0 Å². The van der Waals surface area contributed by atoms with Crippen LogP contribution in [-0.4, -0.2) is 16.2 Å². The summed E-state index contributed by atoms with van der Waals surface area (Å²) in [7, 11) is 0. The maximum absolute atomic E-state index is 6.91. The van der Waals surface area contributed by atoms with Crippen LogP contribution in [0.2, 0.25) is 0 Å². The number of para-hydroxylation sites is 2. The third-order valence-corrected chi connectivity index (χ3v) is 11.3. The van der Waals surface area contributed by atoms with Gasteiger partial charge in [0.1, 0.15) is 17.3 Å². The zero-order chi connectivity index (χ0) is 35.3. The van der Waals surface area contributed by atoms with Gasteiger partial charge in [0, 0.05) is 43.7 Å². The van der Waals surface area contributed by atoms with E-state index in [1.807, 2.05) is 36.4 Å². The predicted octanol–water partition coefficient (Wildman–Crippen LogP) is 11.5. The lowest BCUT2D eigenvalue weighted by Crippen LogP contribution is -2.35. The van der Waals surface area contributed by atoms with Gasteiger partial charge < -0.3 is 14.3 Å². The van der Waals surface area contributed by atoms with Crippen molar-refractivity contribution in [1.29, 1.82) is 0 Å². The molecule has 9 aromatic rings. The van der Waals surface area contributed by atoms with Crippen LogP contribution in [-0.2, 0) is 5.41 Å². The average molecular weight is 683 g/mol. The largest absolute Gasteiger partial charge is 0.454 e. The van der Waals surface area contributed by atoms with Gasteiger partial charge >= 0.3 is 0 Å². The molecule has 2 aromatic heterocycles. The fraction of sp³-hybridized carbons (Fsp3) is 0.0833. The highest BCUT2D eigenvalue weighted by molar-refractivity contribution is 6.19. The molecular formula is C48H34N4O. The summed E-state index contributed by atoms with van der Waals surface area (Å²) in [5.74, 6) is 1.58. The Bertz CT molecular complexity index is 2950. The van der Waals surface area contributed by atoms with Crippen molar-refractivity contribution in [1.82, 2.24) is 9.88 Å². The van der Waals surface area contributed by atoms with Gasteiger partial charge in [-0.2, -0.15) is 0 Å². The number of hydrogen-bond donors (Lipinski definition) is 1. The van der Waals surface area contributed by atoms with Crippen molar-refractivity contribution < 1.29 is 4.42 Å². The van der Waals surface area contributed by atoms with Crippen molar-refractivity contribution in [2.45, 2.75) is 25.4 Å². The van der Waals surface area contributed by atoms with E-state index in [9.17, 15) is 0 Å². The van der Waals surface area contributed by atoms with Gasteiger partial charge in [0.25, 0.3) is 0 Å². The second kappa shape index (κ2) is 11.1. The van der Waals surface area contributed by atoms with Gasteiger partial charge in [-0.1, -0.05) is 147 Å². The van der Waals surface area contributed by atoms with Gasteiger partial charge in [-0.25, -0.2) is 9.98 Å². The second-order valence-electron chi connectivity index (χ2n) is 14.6. The summed E-state index contributed by atoms with van der Waals surface area (Å²) < 4.78 is 9.30. The van der Waals surface area contributed by atoms with Crippen LogP contribution in [0.5, 0.6) is 0 Å². The first-order chi connectivity index (χ1) is 26.0. The number of hydrogen-bond acceptors (Lipinski definition) is 4. The molecule has 5 heteroatoms. The van der Waals surface area contributed by atoms with Crippen molar-refractivity contribution in [3.8, 4) is 16.8 Å². The summed E-state index contributed by atoms with van der Waals surface area (Å²) in [6, 6.07) is 55.7. The maximum atomic E-state index is 6.91. The SMILES string of the molecule is CC1(C)c2ccccc2-c2c1ccc1c2c2ccccc2n1-c1cccc2c1oc1cc(C3N=C(c4ccccc4)NC(c4ccccc4)=N3)ccc12. The van der Waals surface area contributed by atoms with Crippen molar-refractivity contribution in [2.24, 2.45) is 9.98 Å². The Morgan fingerprint density at radius 2 is 1.26 bits per heavy atom. The molecule has 3 heterocycles. The molecule has 1 N–H and O–H groups in total. The first-order valence-electron chi connectivity index (χ1n) is 18.2. The van der Waals surface area contributed by atoms with E-state index in [2.05, 4.69) is 145 Å². The number of fused-ring (bicyclic) bond motifs is 10. The predicted molar refractivity (Wildman–Crippen MR) is 217 cm³/mol. The minimum Gasteiger partial charge on any atom is -0.454 e. The van der Waals surface area contributed by atoms with Gasteiger partial charge in [-0.15, -0.1) is 0 Å². The van der Waals surface area contributed by atoms with Gasteiger partial charge in [-0.05, 0) is 46.5 Å². The third kappa shape index (κ3) is 4.37. The monoisotopic (exact) mass is 682 g/mol. The second-order valence-corrected chi connectivity index (χ2v) is 14.6. The molecule has 0 bridgehead atoms. The Labute approximate surface area is 306 Å². The number of aliphatic imine (C=N–C) groups is 2. The lowest BCUT2D eigenvalue weighted by molar-refractivity contribution is 0.660. The highest BCUT2D eigenvalue weighted by Gasteiger charge is 2.37. The smallest absolute Gasteiger partial charge is 0.169 e. The molecule has 0 saturated heterocycles. The summed E-state index contributed by atoms with van der Waals surface area (Å²) in [5.41, 5.74) is 13.4. The number of nitrogens with one attached hydrogen (secondary N) is 1. The summed E-state index contributed by atoms with van der Waals surface area (Å²) in [6.07, 6.45) is -0.440. The van der Waals surface area contributed by atoms with Gasteiger partial charge in [-0.3, -0.25) is 0 Å². The third-order valence-electron chi connectivity index (χ3n) is 11.3. The number of amidine groups is 2. The lowest BCUT2D eigenvalue weighted by atomic mass is 9.82. The molecular weight excluding hydrogens is 649 g/mol. The van der Waals surface area contributed by atoms with Crippen molar-refractivity contribution in [3.63, 3.8) is 0 Å². The highest BCUT2D eigenvalue weighted by Crippen LogP contribution is 2.53. The van der Waals surface area contributed by atoms with Gasteiger partial charge in [0.2, 0.25) is 0 Å². The summed E-state index contributed by atoms with van der Waals surface area (Å²) in [5, 5.41) is 8.17. The van der Waals surface area contributed by atoms with Gasteiger partial charge in [0.15, 0.2) is 11.7 Å². The van der Waals surface area contributed by atoms with Crippen LogP contribution < -0.4 is 5.32 Å². The number of aromatic nitrogens is 1. The fourth-order valence-electron chi connectivity index (χ4n) is 8.73. The van der Waals surface area contributed by atoms with Crippen molar-refractivity contribution in [2.75, 3.05) is 0 Å². The van der Waals surface area contributed by atoms with Crippen molar-refractivity contribution in [3.05, 3.63) is 186 Å². The minimum atomic E-state index is -0.440. The first-order valence-corrected chi connectivity index (χ1v) is 18.2. The molecule has 53 heavy (non-hydrogen) atoms.